The summed E-state index contributed by atoms with van der Waals surface area (Å²) in [7, 11) is 5.44. The molecule has 8 atom stereocenters. The Hall–Kier alpha value is -2.98. The van der Waals surface area contributed by atoms with Crippen LogP contribution in [0.15, 0.2) is 36.4 Å². The minimum atomic E-state index is -0.877. The molecule has 1 saturated heterocycles. The number of carbonyl (C=O) groups is 2. The Balaban J connectivity index is 1.45. The van der Waals surface area contributed by atoms with Gasteiger partial charge in [-0.1, -0.05) is 39.0 Å². The molecule has 2 unspecified atom stereocenters. The number of hydroxylamine groups is 2. The second kappa shape index (κ2) is 12.2. The topological polar surface area (TPSA) is 112 Å². The fraction of sp³-hybridized carbons (Fsp3) is 0.588. The van der Waals surface area contributed by atoms with Crippen molar-refractivity contribution in [2.75, 3.05) is 32.7 Å². The molecule has 0 aromatic heterocycles. The summed E-state index contributed by atoms with van der Waals surface area (Å²) < 4.78 is 5.93. The molecule has 3 N–H and O–H groups in total. The van der Waals surface area contributed by atoms with E-state index in [2.05, 4.69) is 26.1 Å². The highest BCUT2D eigenvalue weighted by Gasteiger charge is 2.57. The first-order chi connectivity index (χ1) is 20.4. The summed E-state index contributed by atoms with van der Waals surface area (Å²) in [6.07, 6.45) is 1.38. The molecule has 234 valence electrons. The Morgan fingerprint density at radius 2 is 2.00 bits per heavy atom. The molecular formula is C34H47N3O6. The second-order valence-electron chi connectivity index (χ2n) is 13.6. The van der Waals surface area contributed by atoms with E-state index in [-0.39, 0.29) is 25.1 Å². The molecule has 6 rings (SSSR count). The summed E-state index contributed by atoms with van der Waals surface area (Å²) in [5.41, 5.74) is 4.14. The number of aliphatic hydroxyl groups excluding tert-OH is 2. The molecule has 0 radical (unpaired) electrons. The number of benzene rings is 2. The van der Waals surface area contributed by atoms with E-state index in [0.717, 1.165) is 35.1 Å². The van der Waals surface area contributed by atoms with Gasteiger partial charge in [-0.25, -0.2) is 0 Å². The Labute approximate surface area is 255 Å². The van der Waals surface area contributed by atoms with Crippen molar-refractivity contribution in [2.45, 2.75) is 71.4 Å². The van der Waals surface area contributed by atoms with Crippen LogP contribution in [-0.2, 0) is 16.2 Å². The fourth-order valence-electron chi connectivity index (χ4n) is 7.95. The molecule has 4 aliphatic rings. The van der Waals surface area contributed by atoms with Crippen molar-refractivity contribution < 1.29 is 29.4 Å². The van der Waals surface area contributed by atoms with Crippen molar-refractivity contribution in [1.29, 1.82) is 0 Å². The molecule has 2 aromatic carbocycles. The molecule has 1 aliphatic heterocycles. The van der Waals surface area contributed by atoms with Gasteiger partial charge >= 0.3 is 0 Å². The molecule has 3 aliphatic carbocycles. The molecule has 2 aromatic rings. The molecule has 0 spiro atoms. The number of nitrogens with zero attached hydrogens (tertiary/aromatic N) is 2. The number of amides is 1. The molecule has 4 fully saturated rings. The molecule has 1 heterocycles. The third kappa shape index (κ3) is 5.68. The maximum atomic E-state index is 14.0. The number of aliphatic hydroxyl groups is 2. The van der Waals surface area contributed by atoms with Crippen molar-refractivity contribution in [3.05, 3.63) is 47.5 Å². The number of carbonyl (C=O) groups excluding carboxylic acids is 2. The van der Waals surface area contributed by atoms with E-state index < -0.39 is 24.2 Å². The number of nitrogens with one attached hydrogen (secondary N) is 1. The van der Waals surface area contributed by atoms with E-state index in [4.69, 9.17) is 9.57 Å². The van der Waals surface area contributed by atoms with Crippen molar-refractivity contribution in [1.82, 2.24) is 10.4 Å². The lowest BCUT2D eigenvalue weighted by Crippen LogP contribution is -2.62. The van der Waals surface area contributed by atoms with Gasteiger partial charge in [-0.3, -0.25) is 14.4 Å². The first-order valence-electron chi connectivity index (χ1n) is 15.4. The average molecular weight is 594 g/mol. The number of methoxy groups -OCH3 is 1. The molecule has 3 saturated carbocycles. The van der Waals surface area contributed by atoms with Gasteiger partial charge in [0.15, 0.2) is 0 Å². The molecular weight excluding hydrogens is 546 g/mol. The first-order valence-corrected chi connectivity index (χ1v) is 15.4. The van der Waals surface area contributed by atoms with E-state index in [0.29, 0.717) is 34.5 Å². The highest BCUT2D eigenvalue weighted by Crippen LogP contribution is 2.61. The van der Waals surface area contributed by atoms with Crippen molar-refractivity contribution in [3.63, 3.8) is 0 Å². The first kappa shape index (κ1) is 31.4. The summed E-state index contributed by atoms with van der Waals surface area (Å²) in [4.78, 5) is 33.9. The lowest BCUT2D eigenvalue weighted by atomic mass is 9.45. The van der Waals surface area contributed by atoms with Crippen molar-refractivity contribution in [2.24, 2.45) is 29.1 Å². The second-order valence-corrected chi connectivity index (χ2v) is 13.6. The van der Waals surface area contributed by atoms with Crippen LogP contribution < -0.4 is 15.0 Å². The lowest BCUT2D eigenvalue weighted by molar-refractivity contribution is -0.183. The van der Waals surface area contributed by atoms with Crippen LogP contribution >= 0.6 is 0 Å². The Bertz CT molecular complexity index is 1340. The fourth-order valence-corrected chi connectivity index (χ4v) is 7.95. The third-order valence-corrected chi connectivity index (χ3v) is 10.6. The molecule has 43 heavy (non-hydrogen) atoms. The monoisotopic (exact) mass is 593 g/mol. The van der Waals surface area contributed by atoms with Crippen LogP contribution in [-0.4, -0.2) is 79.6 Å². The van der Waals surface area contributed by atoms with Crippen molar-refractivity contribution >= 4 is 17.9 Å². The Kier molecular flexibility index (Phi) is 8.91. The predicted molar refractivity (Wildman–Crippen MR) is 166 cm³/mol. The van der Waals surface area contributed by atoms with Gasteiger partial charge in [0.05, 0.1) is 26.4 Å². The summed E-state index contributed by atoms with van der Waals surface area (Å²) in [6.45, 7) is 8.42. The zero-order valence-electron chi connectivity index (χ0n) is 26.4. The number of rotatable bonds is 10. The standard InChI is InChI=1S/C34H47N3O6/c1-19-27-14-24(34(27,3)4)15-28(19)35-33(41)31-30(20(2)40)29(18-39)43-37(31)16-22-9-8-10-26(32(22)42-7)23-11-21(17-38)12-25(13-23)36(5)6/h8-13,17,19-20,24,27-31,39-40H,14-16,18H2,1-7H3,(H,35,41)/t19-,20-,24?,27-,28?,29-,30-,31-/m0/s1. The van der Waals surface area contributed by atoms with Crippen LogP contribution in [0.1, 0.15) is 56.5 Å². The minimum Gasteiger partial charge on any atom is -0.496 e. The molecule has 1 amide bonds. The number of hydrogen-bond donors (Lipinski definition) is 3. The van der Waals surface area contributed by atoms with E-state index in [1.807, 2.05) is 55.4 Å². The minimum absolute atomic E-state index is 0.0582. The summed E-state index contributed by atoms with van der Waals surface area (Å²) in [6, 6.07) is 10.7. The van der Waals surface area contributed by atoms with E-state index in [9.17, 15) is 19.8 Å². The zero-order valence-corrected chi connectivity index (χ0v) is 26.4. The van der Waals surface area contributed by atoms with Gasteiger partial charge in [-0.15, -0.1) is 0 Å². The zero-order chi connectivity index (χ0) is 31.2. The van der Waals surface area contributed by atoms with Gasteiger partial charge in [-0.2, -0.15) is 5.06 Å². The number of fused-ring (bicyclic) bond motifs is 2. The highest BCUT2D eigenvalue weighted by atomic mass is 16.7. The summed E-state index contributed by atoms with van der Waals surface area (Å²) in [5, 5.41) is 25.9. The van der Waals surface area contributed by atoms with Crippen molar-refractivity contribution in [3.8, 4) is 16.9 Å². The summed E-state index contributed by atoms with van der Waals surface area (Å²) in [5.74, 6) is 1.30. The van der Waals surface area contributed by atoms with E-state index in [1.165, 1.54) is 6.42 Å². The van der Waals surface area contributed by atoms with Crippen LogP contribution in [0.4, 0.5) is 5.69 Å². The number of hydrogen-bond acceptors (Lipinski definition) is 8. The predicted octanol–water partition coefficient (Wildman–Crippen LogP) is 3.90. The van der Waals surface area contributed by atoms with E-state index >= 15 is 0 Å². The molecule has 9 heteroatoms. The quantitative estimate of drug-likeness (QED) is 0.356. The maximum absolute atomic E-state index is 14.0. The number of anilines is 1. The van der Waals surface area contributed by atoms with Gasteiger partial charge in [0, 0.05) is 48.4 Å². The largest absolute Gasteiger partial charge is 0.496 e. The maximum Gasteiger partial charge on any atom is 0.240 e. The Morgan fingerprint density at radius 1 is 1.26 bits per heavy atom. The third-order valence-electron chi connectivity index (χ3n) is 10.6. The average Bonchev–Trinajstić information content (AvgIpc) is 3.36. The smallest absolute Gasteiger partial charge is 0.240 e. The van der Waals surface area contributed by atoms with Crippen LogP contribution in [0.5, 0.6) is 5.75 Å². The molecule has 2 bridgehead atoms. The van der Waals surface area contributed by atoms with Gasteiger partial charge < -0.3 is 25.2 Å². The van der Waals surface area contributed by atoms with Crippen LogP contribution in [0.2, 0.25) is 0 Å². The Morgan fingerprint density at radius 3 is 2.58 bits per heavy atom. The normalized spacial score (nSPS) is 30.3. The van der Waals surface area contributed by atoms with Gasteiger partial charge in [0.2, 0.25) is 5.91 Å². The number of aldehydes is 1. The van der Waals surface area contributed by atoms with E-state index in [1.54, 1.807) is 19.1 Å². The van der Waals surface area contributed by atoms with Crippen LogP contribution in [0, 0.1) is 29.1 Å². The van der Waals surface area contributed by atoms with Crippen LogP contribution in [0.3, 0.4) is 0 Å². The summed E-state index contributed by atoms with van der Waals surface area (Å²) >= 11 is 0. The SMILES string of the molecule is COc1c(CN2O[C@@H](CO)[C@H]([C@H](C)O)[C@H]2C(=O)NC2CC3C[C@@H]([C@@H]2C)C3(C)C)cccc1-c1cc(C=O)cc(N(C)C)c1. The number of para-hydroxylation sites is 1. The van der Waals surface area contributed by atoms with Crippen LogP contribution in [0.25, 0.3) is 11.1 Å². The molecule has 9 nitrogen and oxygen atoms in total. The van der Waals surface area contributed by atoms with Gasteiger partial charge in [-0.05, 0) is 66.7 Å². The highest BCUT2D eigenvalue weighted by molar-refractivity contribution is 5.85. The van der Waals surface area contributed by atoms with Gasteiger partial charge in [0.25, 0.3) is 0 Å². The number of ether oxygens (including phenoxy) is 1. The lowest BCUT2D eigenvalue weighted by Gasteiger charge is -2.62. The van der Waals surface area contributed by atoms with Gasteiger partial charge in [0.1, 0.15) is 24.2 Å².